The number of carbonyl (C=O) groups is 1. The number of hydrogen-bond donors (Lipinski definition) is 2. The Balaban J connectivity index is 1.31. The first-order valence-corrected chi connectivity index (χ1v) is 10.5. The van der Waals surface area contributed by atoms with Crippen LogP contribution in [0, 0.1) is 0 Å². The number of nitrogens with one attached hydrogen (secondary N) is 1. The molecule has 1 aliphatic rings. The van der Waals surface area contributed by atoms with Crippen LogP contribution in [0.1, 0.15) is 49.3 Å². The minimum absolute atomic E-state index is 0.0532. The van der Waals surface area contributed by atoms with Crippen LogP contribution < -0.4 is 10.1 Å². The fourth-order valence-corrected chi connectivity index (χ4v) is 3.99. The van der Waals surface area contributed by atoms with Crippen LogP contribution in [0.25, 0.3) is 11.3 Å². The summed E-state index contributed by atoms with van der Waals surface area (Å²) in [7, 11) is 0. The molecule has 30 heavy (non-hydrogen) atoms. The number of hydrogen-bond acceptors (Lipinski definition) is 4. The predicted molar refractivity (Wildman–Crippen MR) is 116 cm³/mol. The van der Waals surface area contributed by atoms with Crippen molar-refractivity contribution in [2.45, 2.75) is 44.6 Å². The van der Waals surface area contributed by atoms with E-state index < -0.39 is 0 Å². The van der Waals surface area contributed by atoms with Gasteiger partial charge >= 0.3 is 0 Å². The lowest BCUT2D eigenvalue weighted by Gasteiger charge is -2.22. The van der Waals surface area contributed by atoms with E-state index in [9.17, 15) is 4.79 Å². The Hall–Kier alpha value is -3.05. The Morgan fingerprint density at radius 2 is 1.83 bits per heavy atom. The molecule has 1 aliphatic carbocycles. The molecule has 0 unspecified atom stereocenters. The SMILES string of the molecule is O=C(COc1ccc(C2CCCCC2)cc1)Nc1cccc(-c2ccc(CO)o2)c1. The van der Waals surface area contributed by atoms with Crippen molar-refractivity contribution in [2.24, 2.45) is 0 Å². The highest BCUT2D eigenvalue weighted by Crippen LogP contribution is 2.33. The molecule has 0 spiro atoms. The molecule has 2 N–H and O–H groups in total. The summed E-state index contributed by atoms with van der Waals surface area (Å²) < 4.78 is 11.2. The van der Waals surface area contributed by atoms with Gasteiger partial charge in [0.05, 0.1) is 0 Å². The van der Waals surface area contributed by atoms with Crippen molar-refractivity contribution >= 4 is 11.6 Å². The third-order valence-corrected chi connectivity index (χ3v) is 5.57. The van der Waals surface area contributed by atoms with Crippen LogP contribution >= 0.6 is 0 Å². The second-order valence-electron chi connectivity index (χ2n) is 7.75. The molecule has 1 aromatic heterocycles. The first-order valence-electron chi connectivity index (χ1n) is 10.5. The van der Waals surface area contributed by atoms with Crippen LogP contribution in [0.5, 0.6) is 5.75 Å². The van der Waals surface area contributed by atoms with E-state index in [1.54, 1.807) is 12.1 Å². The molecule has 4 rings (SSSR count). The number of anilines is 1. The van der Waals surface area contributed by atoms with Gasteiger partial charge in [-0.3, -0.25) is 4.79 Å². The van der Waals surface area contributed by atoms with Crippen molar-refractivity contribution in [2.75, 3.05) is 11.9 Å². The molecule has 0 atom stereocenters. The van der Waals surface area contributed by atoms with Crippen molar-refractivity contribution in [1.29, 1.82) is 0 Å². The van der Waals surface area contributed by atoms with Gasteiger partial charge in [-0.15, -0.1) is 0 Å². The molecular formula is C25H27NO4. The number of carbonyl (C=O) groups excluding carboxylic acids is 1. The van der Waals surface area contributed by atoms with Gasteiger partial charge in [-0.1, -0.05) is 43.5 Å². The topological polar surface area (TPSA) is 71.7 Å². The Labute approximate surface area is 176 Å². The van der Waals surface area contributed by atoms with Gasteiger partial charge in [-0.05, 0) is 60.7 Å². The number of amides is 1. The van der Waals surface area contributed by atoms with E-state index in [0.29, 0.717) is 28.9 Å². The lowest BCUT2D eigenvalue weighted by Crippen LogP contribution is -2.20. The molecule has 0 aliphatic heterocycles. The van der Waals surface area contributed by atoms with E-state index in [1.165, 1.54) is 37.7 Å². The predicted octanol–water partition coefficient (Wildman–Crippen LogP) is 5.50. The smallest absolute Gasteiger partial charge is 0.262 e. The molecule has 2 aromatic carbocycles. The summed E-state index contributed by atoms with van der Waals surface area (Å²) in [4.78, 5) is 12.3. The second-order valence-corrected chi connectivity index (χ2v) is 7.75. The monoisotopic (exact) mass is 405 g/mol. The van der Waals surface area contributed by atoms with E-state index >= 15 is 0 Å². The third kappa shape index (κ3) is 5.10. The van der Waals surface area contributed by atoms with Gasteiger partial charge in [0.15, 0.2) is 6.61 Å². The molecule has 5 nitrogen and oxygen atoms in total. The molecule has 1 heterocycles. The molecule has 1 fully saturated rings. The fraction of sp³-hybridized carbons (Fsp3) is 0.320. The summed E-state index contributed by atoms with van der Waals surface area (Å²) >= 11 is 0. The van der Waals surface area contributed by atoms with Crippen molar-refractivity contribution in [3.05, 3.63) is 72.0 Å². The highest BCUT2D eigenvalue weighted by molar-refractivity contribution is 5.92. The van der Waals surface area contributed by atoms with Crippen molar-refractivity contribution in [1.82, 2.24) is 0 Å². The molecule has 0 bridgehead atoms. The number of benzene rings is 2. The van der Waals surface area contributed by atoms with Gasteiger partial charge < -0.3 is 19.6 Å². The van der Waals surface area contributed by atoms with Crippen LogP contribution in [0.3, 0.4) is 0 Å². The average Bonchev–Trinajstić information content (AvgIpc) is 3.28. The fourth-order valence-electron chi connectivity index (χ4n) is 3.99. The molecule has 0 saturated heterocycles. The first-order chi connectivity index (χ1) is 14.7. The lowest BCUT2D eigenvalue weighted by atomic mass is 9.84. The lowest BCUT2D eigenvalue weighted by molar-refractivity contribution is -0.118. The van der Waals surface area contributed by atoms with Crippen LogP contribution in [0.2, 0.25) is 0 Å². The largest absolute Gasteiger partial charge is 0.484 e. The number of furan rings is 1. The van der Waals surface area contributed by atoms with Crippen molar-refractivity contribution in [3.8, 4) is 17.1 Å². The summed E-state index contributed by atoms with van der Waals surface area (Å²) in [6, 6.07) is 19.1. The van der Waals surface area contributed by atoms with E-state index in [4.69, 9.17) is 14.3 Å². The maximum absolute atomic E-state index is 12.3. The van der Waals surface area contributed by atoms with Gasteiger partial charge in [0.2, 0.25) is 0 Å². The standard InChI is InChI=1S/C25H27NO4/c27-16-23-13-14-24(30-23)20-7-4-8-21(15-20)26-25(28)17-29-22-11-9-19(10-12-22)18-5-2-1-3-6-18/h4,7-15,18,27H,1-3,5-6,16-17H2,(H,26,28). The summed E-state index contributed by atoms with van der Waals surface area (Å²) in [5.74, 6) is 2.28. The Morgan fingerprint density at radius 3 is 2.57 bits per heavy atom. The van der Waals surface area contributed by atoms with E-state index in [1.807, 2.05) is 36.4 Å². The highest BCUT2D eigenvalue weighted by atomic mass is 16.5. The maximum atomic E-state index is 12.3. The molecule has 156 valence electrons. The molecular weight excluding hydrogens is 378 g/mol. The first kappa shape index (κ1) is 20.2. The molecule has 1 saturated carbocycles. The number of aliphatic hydroxyl groups is 1. The van der Waals surface area contributed by atoms with E-state index in [0.717, 1.165) is 5.56 Å². The van der Waals surface area contributed by atoms with Gasteiger partial charge in [0.25, 0.3) is 5.91 Å². The quantitative estimate of drug-likeness (QED) is 0.544. The highest BCUT2D eigenvalue weighted by Gasteiger charge is 2.15. The van der Waals surface area contributed by atoms with Gasteiger partial charge in [0.1, 0.15) is 23.9 Å². The summed E-state index contributed by atoms with van der Waals surface area (Å²) in [5.41, 5.74) is 2.85. The minimum atomic E-state index is -0.223. The summed E-state index contributed by atoms with van der Waals surface area (Å²) in [6.07, 6.45) is 6.50. The van der Waals surface area contributed by atoms with Crippen LogP contribution in [0.4, 0.5) is 5.69 Å². The summed E-state index contributed by atoms with van der Waals surface area (Å²) in [5, 5.41) is 12.0. The zero-order chi connectivity index (χ0) is 20.8. The van der Waals surface area contributed by atoms with Crippen LogP contribution in [-0.4, -0.2) is 17.6 Å². The molecule has 0 radical (unpaired) electrons. The van der Waals surface area contributed by atoms with Gasteiger partial charge in [0, 0.05) is 11.3 Å². The maximum Gasteiger partial charge on any atom is 0.262 e. The normalized spacial score (nSPS) is 14.4. The number of aliphatic hydroxyl groups excluding tert-OH is 1. The van der Waals surface area contributed by atoms with Crippen LogP contribution in [0.15, 0.2) is 65.1 Å². The molecule has 5 heteroatoms. The second kappa shape index (κ2) is 9.63. The number of ether oxygens (including phenoxy) is 1. The Morgan fingerprint density at radius 1 is 1.03 bits per heavy atom. The molecule has 3 aromatic rings. The zero-order valence-electron chi connectivity index (χ0n) is 17.0. The van der Waals surface area contributed by atoms with Gasteiger partial charge in [-0.2, -0.15) is 0 Å². The average molecular weight is 405 g/mol. The van der Waals surface area contributed by atoms with E-state index in [-0.39, 0.29) is 19.1 Å². The van der Waals surface area contributed by atoms with Crippen molar-refractivity contribution < 1.29 is 19.1 Å². The van der Waals surface area contributed by atoms with E-state index in [2.05, 4.69) is 17.4 Å². The third-order valence-electron chi connectivity index (χ3n) is 5.57. The zero-order valence-corrected chi connectivity index (χ0v) is 17.0. The summed E-state index contributed by atoms with van der Waals surface area (Å²) in [6.45, 7) is -0.197. The number of rotatable bonds is 7. The Kier molecular flexibility index (Phi) is 6.50. The molecule has 1 amide bonds. The van der Waals surface area contributed by atoms with Crippen molar-refractivity contribution in [3.63, 3.8) is 0 Å². The van der Waals surface area contributed by atoms with Gasteiger partial charge in [-0.25, -0.2) is 0 Å². The van der Waals surface area contributed by atoms with Crippen LogP contribution in [-0.2, 0) is 11.4 Å². The Bertz CT molecular complexity index is 971. The minimum Gasteiger partial charge on any atom is -0.484 e.